The number of ether oxygens (including phenoxy) is 1. The molecule has 0 unspecified atom stereocenters. The number of nitrogens with one attached hydrogen (secondary N) is 2. The molecule has 4 N–H and O–H groups in total. The lowest BCUT2D eigenvalue weighted by Crippen LogP contribution is -2.36. The van der Waals surface area contributed by atoms with Crippen LogP contribution in [0.3, 0.4) is 0 Å². The average molecular weight is 432 g/mol. The van der Waals surface area contributed by atoms with E-state index in [1.807, 2.05) is 26.2 Å². The zero-order valence-electron chi connectivity index (χ0n) is 17.9. The SMILES string of the molecule is BNCCc1ccc(-c2cnc(N)c(C(=O)Nc3cnccc3N3CCOCC3)n2)nc1. The number of amides is 1. The van der Waals surface area contributed by atoms with Crippen molar-refractivity contribution in [2.45, 2.75) is 6.42 Å². The molecule has 1 aliphatic rings. The summed E-state index contributed by atoms with van der Waals surface area (Å²) in [4.78, 5) is 32.4. The summed E-state index contributed by atoms with van der Waals surface area (Å²) in [6, 6.07) is 5.72. The largest absolute Gasteiger partial charge is 0.382 e. The molecule has 0 aromatic carbocycles. The van der Waals surface area contributed by atoms with Gasteiger partial charge in [0, 0.05) is 25.5 Å². The summed E-state index contributed by atoms with van der Waals surface area (Å²) in [5.41, 5.74) is 9.68. The van der Waals surface area contributed by atoms with Gasteiger partial charge in [-0.05, 0) is 30.7 Å². The monoisotopic (exact) mass is 432 g/mol. The lowest BCUT2D eigenvalue weighted by molar-refractivity contribution is 0.102. The third-order valence-electron chi connectivity index (χ3n) is 5.16. The van der Waals surface area contributed by atoms with E-state index in [1.165, 1.54) is 6.20 Å². The van der Waals surface area contributed by atoms with E-state index in [1.54, 1.807) is 18.6 Å². The summed E-state index contributed by atoms with van der Waals surface area (Å²) in [6.07, 6.45) is 7.50. The van der Waals surface area contributed by atoms with E-state index in [-0.39, 0.29) is 11.5 Å². The Bertz CT molecular complexity index is 1070. The van der Waals surface area contributed by atoms with Crippen molar-refractivity contribution < 1.29 is 9.53 Å². The molecule has 0 aliphatic carbocycles. The molecule has 3 aromatic heterocycles. The summed E-state index contributed by atoms with van der Waals surface area (Å²) >= 11 is 0. The van der Waals surface area contributed by atoms with Crippen molar-refractivity contribution in [2.24, 2.45) is 0 Å². The van der Waals surface area contributed by atoms with Gasteiger partial charge < -0.3 is 25.9 Å². The topological polar surface area (TPSA) is 131 Å². The highest BCUT2D eigenvalue weighted by Gasteiger charge is 2.20. The third-order valence-corrected chi connectivity index (χ3v) is 5.16. The van der Waals surface area contributed by atoms with Crippen molar-refractivity contribution in [2.75, 3.05) is 48.8 Å². The molecule has 164 valence electrons. The van der Waals surface area contributed by atoms with Crippen LogP contribution in [0.5, 0.6) is 0 Å². The van der Waals surface area contributed by atoms with E-state index < -0.39 is 5.91 Å². The molecule has 1 amide bonds. The fraction of sp³-hybridized carbons (Fsp3) is 0.286. The number of aromatic nitrogens is 4. The maximum Gasteiger partial charge on any atom is 0.278 e. The minimum Gasteiger partial charge on any atom is -0.382 e. The van der Waals surface area contributed by atoms with Gasteiger partial charge in [-0.3, -0.25) is 14.8 Å². The maximum atomic E-state index is 13.0. The molecule has 0 atom stereocenters. The van der Waals surface area contributed by atoms with Gasteiger partial charge in [0.15, 0.2) is 19.5 Å². The van der Waals surface area contributed by atoms with Crippen LogP contribution in [0.25, 0.3) is 11.4 Å². The molecule has 32 heavy (non-hydrogen) atoms. The summed E-state index contributed by atoms with van der Waals surface area (Å²) < 4.78 is 5.42. The molecule has 0 spiro atoms. The third kappa shape index (κ3) is 5.01. The number of hydrogen-bond acceptors (Lipinski definition) is 9. The second-order valence-electron chi connectivity index (χ2n) is 7.34. The van der Waals surface area contributed by atoms with Crippen molar-refractivity contribution in [3.63, 3.8) is 0 Å². The van der Waals surface area contributed by atoms with Gasteiger partial charge in [-0.15, -0.1) is 0 Å². The molecule has 3 aromatic rings. The number of rotatable bonds is 7. The Hall–Kier alpha value is -3.57. The Balaban J connectivity index is 1.55. The van der Waals surface area contributed by atoms with E-state index in [9.17, 15) is 4.79 Å². The number of nitrogen functional groups attached to an aromatic ring is 1. The molecular formula is C21H25BN8O2. The van der Waals surface area contributed by atoms with Crippen LogP contribution in [0.15, 0.2) is 43.0 Å². The molecule has 0 radical (unpaired) electrons. The smallest absolute Gasteiger partial charge is 0.278 e. The molecular weight excluding hydrogens is 407 g/mol. The molecule has 4 rings (SSSR count). The van der Waals surface area contributed by atoms with Crippen LogP contribution in [0.1, 0.15) is 16.1 Å². The number of anilines is 3. The highest BCUT2D eigenvalue weighted by atomic mass is 16.5. The predicted octanol–water partition coefficient (Wildman–Crippen LogP) is 0.285. The Kier molecular flexibility index (Phi) is 6.88. The van der Waals surface area contributed by atoms with Gasteiger partial charge in [0.1, 0.15) is 5.69 Å². The summed E-state index contributed by atoms with van der Waals surface area (Å²) in [5.74, 6) is -0.404. The summed E-state index contributed by atoms with van der Waals surface area (Å²) in [5, 5.41) is 5.99. The first-order valence-corrected chi connectivity index (χ1v) is 10.5. The van der Waals surface area contributed by atoms with Crippen molar-refractivity contribution in [3.8, 4) is 11.4 Å². The number of carbonyl (C=O) groups is 1. The first kappa shape index (κ1) is 21.7. The molecule has 0 saturated carbocycles. The molecule has 1 aliphatic heterocycles. The van der Waals surface area contributed by atoms with E-state index in [0.29, 0.717) is 30.3 Å². The molecule has 0 bridgehead atoms. The summed E-state index contributed by atoms with van der Waals surface area (Å²) in [6.45, 7) is 3.61. The van der Waals surface area contributed by atoms with Gasteiger partial charge in [0.05, 0.1) is 42.7 Å². The normalized spacial score (nSPS) is 13.7. The van der Waals surface area contributed by atoms with E-state index in [2.05, 4.69) is 35.4 Å². The second-order valence-corrected chi connectivity index (χ2v) is 7.34. The van der Waals surface area contributed by atoms with Crippen molar-refractivity contribution in [1.29, 1.82) is 0 Å². The fourth-order valence-corrected chi connectivity index (χ4v) is 3.43. The van der Waals surface area contributed by atoms with Crippen LogP contribution in [0.2, 0.25) is 0 Å². The van der Waals surface area contributed by atoms with Crippen molar-refractivity contribution >= 4 is 31.1 Å². The number of carbonyl (C=O) groups excluding carboxylic acids is 1. The van der Waals surface area contributed by atoms with Gasteiger partial charge in [-0.2, -0.15) is 0 Å². The Morgan fingerprint density at radius 3 is 2.72 bits per heavy atom. The second kappa shape index (κ2) is 10.2. The maximum absolute atomic E-state index is 13.0. The number of hydrogen-bond donors (Lipinski definition) is 3. The predicted molar refractivity (Wildman–Crippen MR) is 125 cm³/mol. The molecule has 1 saturated heterocycles. The first-order chi connectivity index (χ1) is 15.7. The number of pyridine rings is 2. The van der Waals surface area contributed by atoms with Gasteiger partial charge in [0.25, 0.3) is 5.91 Å². The van der Waals surface area contributed by atoms with E-state index >= 15 is 0 Å². The highest BCUT2D eigenvalue weighted by molar-refractivity contribution is 6.07. The molecule has 11 heteroatoms. The Morgan fingerprint density at radius 1 is 1.12 bits per heavy atom. The lowest BCUT2D eigenvalue weighted by atomic mass is 10.1. The molecule has 1 fully saturated rings. The van der Waals surface area contributed by atoms with Gasteiger partial charge in [-0.25, -0.2) is 9.97 Å². The standard InChI is InChI=1S/C21H25BN8O2/c22-27-6-3-14-1-2-15(25-11-14)16-13-26-20(23)19(28-16)21(31)29-17-12-24-5-4-18(17)30-7-9-32-10-8-30/h1-2,4-5,11-13,27H,3,6-10,22H2,(H2,23,26)(H,29,31). The summed E-state index contributed by atoms with van der Waals surface area (Å²) in [7, 11) is 1.91. The highest BCUT2D eigenvalue weighted by Crippen LogP contribution is 2.26. The van der Waals surface area contributed by atoms with Gasteiger partial charge in [0.2, 0.25) is 0 Å². The van der Waals surface area contributed by atoms with E-state index in [4.69, 9.17) is 10.5 Å². The minimum absolute atomic E-state index is 0.0420. The first-order valence-electron chi connectivity index (χ1n) is 10.5. The zero-order chi connectivity index (χ0) is 22.3. The Morgan fingerprint density at radius 2 is 1.97 bits per heavy atom. The van der Waals surface area contributed by atoms with Crippen LogP contribution in [-0.4, -0.2) is 66.7 Å². The number of morpholine rings is 1. The molecule has 4 heterocycles. The van der Waals surface area contributed by atoms with Crippen LogP contribution in [0.4, 0.5) is 17.2 Å². The van der Waals surface area contributed by atoms with Crippen LogP contribution < -0.4 is 21.2 Å². The van der Waals surface area contributed by atoms with Crippen molar-refractivity contribution in [1.82, 2.24) is 25.2 Å². The van der Waals surface area contributed by atoms with Crippen LogP contribution in [-0.2, 0) is 11.2 Å². The Labute approximate surface area is 187 Å². The van der Waals surface area contributed by atoms with E-state index in [0.717, 1.165) is 37.3 Å². The quantitative estimate of drug-likeness (QED) is 0.451. The van der Waals surface area contributed by atoms with Gasteiger partial charge in [-0.1, -0.05) is 6.07 Å². The van der Waals surface area contributed by atoms with Crippen LogP contribution >= 0.6 is 0 Å². The van der Waals surface area contributed by atoms with Crippen molar-refractivity contribution in [3.05, 3.63) is 54.2 Å². The fourth-order valence-electron chi connectivity index (χ4n) is 3.43. The zero-order valence-corrected chi connectivity index (χ0v) is 17.9. The molecule has 10 nitrogen and oxygen atoms in total. The number of nitrogens with two attached hydrogens (primary N) is 1. The average Bonchev–Trinajstić information content (AvgIpc) is 2.84. The lowest BCUT2D eigenvalue weighted by Gasteiger charge is -2.30. The van der Waals surface area contributed by atoms with Crippen LogP contribution in [0, 0.1) is 0 Å². The minimum atomic E-state index is -0.454. The number of nitrogens with zero attached hydrogens (tertiary/aromatic N) is 5. The van der Waals surface area contributed by atoms with Gasteiger partial charge >= 0.3 is 0 Å².